The summed E-state index contributed by atoms with van der Waals surface area (Å²) in [5.74, 6) is 0.792. The highest BCUT2D eigenvalue weighted by atomic mass is 16.3. The Morgan fingerprint density at radius 1 is 1.14 bits per heavy atom. The standard InChI is InChI=1S/C12H19NO/c1-9(2)11-8-10(14)6-7-12(11)13(3,4)5/h6-9H,1-5H3/p+1. The van der Waals surface area contributed by atoms with Gasteiger partial charge < -0.3 is 5.11 Å². The second-order valence-corrected chi connectivity index (χ2v) is 4.91. The molecule has 0 aromatic heterocycles. The quantitative estimate of drug-likeness (QED) is 0.718. The summed E-state index contributed by atoms with van der Waals surface area (Å²) >= 11 is 0. The number of hydrogen-bond acceptors (Lipinski definition) is 1. The van der Waals surface area contributed by atoms with Gasteiger partial charge in [0.05, 0.1) is 21.1 Å². The monoisotopic (exact) mass is 194 g/mol. The van der Waals surface area contributed by atoms with Crippen molar-refractivity contribution in [3.05, 3.63) is 23.8 Å². The number of aromatic hydroxyl groups is 1. The lowest BCUT2D eigenvalue weighted by Crippen LogP contribution is -2.35. The summed E-state index contributed by atoms with van der Waals surface area (Å²) in [6.45, 7) is 4.29. The van der Waals surface area contributed by atoms with Crippen molar-refractivity contribution in [1.82, 2.24) is 4.48 Å². The Hall–Kier alpha value is -1.02. The molecule has 2 heteroatoms. The number of rotatable bonds is 2. The third-order valence-corrected chi connectivity index (χ3v) is 2.36. The van der Waals surface area contributed by atoms with E-state index in [0.717, 1.165) is 4.48 Å². The summed E-state index contributed by atoms with van der Waals surface area (Å²) in [4.78, 5) is 0. The van der Waals surface area contributed by atoms with Crippen LogP contribution in [0.4, 0.5) is 5.69 Å². The first-order valence-electron chi connectivity index (χ1n) is 4.97. The normalized spacial score (nSPS) is 12.1. The second-order valence-electron chi connectivity index (χ2n) is 4.91. The highest BCUT2D eigenvalue weighted by Gasteiger charge is 2.19. The largest absolute Gasteiger partial charge is 0.508 e. The molecule has 1 N–H and O–H groups in total. The first-order chi connectivity index (χ1) is 6.32. The molecule has 2 nitrogen and oxygen atoms in total. The van der Waals surface area contributed by atoms with Crippen LogP contribution >= 0.6 is 0 Å². The fourth-order valence-electron chi connectivity index (χ4n) is 1.62. The molecular weight excluding hydrogens is 174 g/mol. The minimum Gasteiger partial charge on any atom is -0.508 e. The second kappa shape index (κ2) is 3.62. The van der Waals surface area contributed by atoms with Gasteiger partial charge in [-0.2, -0.15) is 0 Å². The van der Waals surface area contributed by atoms with Gasteiger partial charge in [0.2, 0.25) is 0 Å². The summed E-state index contributed by atoms with van der Waals surface area (Å²) in [6.07, 6.45) is 0. The van der Waals surface area contributed by atoms with Crippen LogP contribution < -0.4 is 4.48 Å². The van der Waals surface area contributed by atoms with E-state index in [1.165, 1.54) is 11.3 Å². The Morgan fingerprint density at radius 3 is 2.14 bits per heavy atom. The van der Waals surface area contributed by atoms with Crippen LogP contribution in [0.3, 0.4) is 0 Å². The molecule has 78 valence electrons. The van der Waals surface area contributed by atoms with Gasteiger partial charge in [-0.1, -0.05) is 13.8 Å². The zero-order valence-electron chi connectivity index (χ0n) is 9.70. The first-order valence-corrected chi connectivity index (χ1v) is 4.97. The van der Waals surface area contributed by atoms with Crippen LogP contribution in [-0.2, 0) is 0 Å². The molecule has 0 aliphatic carbocycles. The minimum atomic E-state index is 0.353. The first kappa shape index (κ1) is 11.1. The van der Waals surface area contributed by atoms with E-state index < -0.39 is 0 Å². The molecule has 0 fully saturated rings. The van der Waals surface area contributed by atoms with E-state index in [-0.39, 0.29) is 0 Å². The molecule has 1 aromatic rings. The van der Waals surface area contributed by atoms with Gasteiger partial charge in [-0.3, -0.25) is 4.48 Å². The summed E-state index contributed by atoms with van der Waals surface area (Å²) in [6, 6.07) is 5.62. The van der Waals surface area contributed by atoms with Crippen molar-refractivity contribution >= 4 is 5.69 Å². The van der Waals surface area contributed by atoms with E-state index >= 15 is 0 Å². The lowest BCUT2D eigenvalue weighted by atomic mass is 9.99. The van der Waals surface area contributed by atoms with Crippen molar-refractivity contribution in [3.8, 4) is 5.75 Å². The summed E-state index contributed by atoms with van der Waals surface area (Å²) in [5.41, 5.74) is 2.48. The van der Waals surface area contributed by atoms with Gasteiger partial charge in [-0.25, -0.2) is 0 Å². The third kappa shape index (κ3) is 2.26. The van der Waals surface area contributed by atoms with Crippen LogP contribution in [-0.4, -0.2) is 26.2 Å². The van der Waals surface area contributed by atoms with Gasteiger partial charge >= 0.3 is 0 Å². The molecule has 14 heavy (non-hydrogen) atoms. The molecule has 0 amide bonds. The van der Waals surface area contributed by atoms with Gasteiger partial charge in [0, 0.05) is 11.6 Å². The fourth-order valence-corrected chi connectivity index (χ4v) is 1.62. The van der Waals surface area contributed by atoms with E-state index in [1.807, 2.05) is 12.1 Å². The zero-order valence-corrected chi connectivity index (χ0v) is 9.70. The number of quaternary nitrogens is 1. The highest BCUT2D eigenvalue weighted by molar-refractivity contribution is 5.53. The van der Waals surface area contributed by atoms with Gasteiger partial charge in [0.25, 0.3) is 0 Å². The van der Waals surface area contributed by atoms with Crippen molar-refractivity contribution in [2.45, 2.75) is 19.8 Å². The maximum absolute atomic E-state index is 9.45. The van der Waals surface area contributed by atoms with Crippen LogP contribution in [0.5, 0.6) is 5.75 Å². The van der Waals surface area contributed by atoms with Crippen LogP contribution in [0.1, 0.15) is 25.3 Å². The number of hydrogen-bond donors (Lipinski definition) is 1. The predicted molar refractivity (Wildman–Crippen MR) is 61.8 cm³/mol. The molecule has 1 rings (SSSR count). The average Bonchev–Trinajstić information content (AvgIpc) is 2.01. The Balaban J connectivity index is 3.29. The summed E-state index contributed by atoms with van der Waals surface area (Å²) < 4.78 is 0.786. The van der Waals surface area contributed by atoms with Gasteiger partial charge in [-0.05, 0) is 18.1 Å². The predicted octanol–water partition coefficient (Wildman–Crippen LogP) is 2.71. The maximum atomic E-state index is 9.45. The SMILES string of the molecule is CC(C)c1cc(O)ccc1[N+](C)(C)C. The van der Waals surface area contributed by atoms with Crippen molar-refractivity contribution < 1.29 is 5.11 Å². The van der Waals surface area contributed by atoms with Gasteiger partial charge in [0.1, 0.15) is 11.4 Å². The summed E-state index contributed by atoms with van der Waals surface area (Å²) in [7, 11) is 6.41. The Kier molecular flexibility index (Phi) is 2.86. The molecule has 0 saturated carbocycles. The lowest BCUT2D eigenvalue weighted by Gasteiger charge is -2.27. The van der Waals surface area contributed by atoms with Crippen molar-refractivity contribution in [1.29, 1.82) is 0 Å². The van der Waals surface area contributed by atoms with E-state index in [2.05, 4.69) is 35.0 Å². The van der Waals surface area contributed by atoms with Crippen molar-refractivity contribution in [2.24, 2.45) is 0 Å². The molecule has 0 saturated heterocycles. The fraction of sp³-hybridized carbons (Fsp3) is 0.500. The molecule has 0 aliphatic heterocycles. The summed E-state index contributed by atoms with van der Waals surface area (Å²) in [5, 5.41) is 9.45. The Bertz CT molecular complexity index is 324. The van der Waals surface area contributed by atoms with E-state index in [1.54, 1.807) is 6.07 Å². The molecule has 0 heterocycles. The Morgan fingerprint density at radius 2 is 1.71 bits per heavy atom. The molecule has 0 radical (unpaired) electrons. The van der Waals surface area contributed by atoms with Gasteiger partial charge in [0.15, 0.2) is 0 Å². The number of benzene rings is 1. The van der Waals surface area contributed by atoms with Crippen LogP contribution in [0, 0.1) is 0 Å². The van der Waals surface area contributed by atoms with Crippen molar-refractivity contribution in [3.63, 3.8) is 0 Å². The molecule has 0 atom stereocenters. The Labute approximate surface area is 86.4 Å². The number of nitrogens with zero attached hydrogens (tertiary/aromatic N) is 1. The molecule has 0 bridgehead atoms. The van der Waals surface area contributed by atoms with Gasteiger partial charge in [-0.15, -0.1) is 0 Å². The van der Waals surface area contributed by atoms with Crippen molar-refractivity contribution in [2.75, 3.05) is 21.1 Å². The van der Waals surface area contributed by atoms with Crippen LogP contribution in [0.15, 0.2) is 18.2 Å². The number of phenols is 1. The zero-order chi connectivity index (χ0) is 10.9. The molecular formula is C12H20NO+. The average molecular weight is 194 g/mol. The van der Waals surface area contributed by atoms with Crippen LogP contribution in [0.25, 0.3) is 0 Å². The lowest BCUT2D eigenvalue weighted by molar-refractivity contribution is 0.463. The van der Waals surface area contributed by atoms with E-state index in [9.17, 15) is 5.11 Å². The molecule has 0 unspecified atom stereocenters. The van der Waals surface area contributed by atoms with E-state index in [4.69, 9.17) is 0 Å². The number of phenolic OH excluding ortho intramolecular Hbond substituents is 1. The van der Waals surface area contributed by atoms with E-state index in [0.29, 0.717) is 11.7 Å². The third-order valence-electron chi connectivity index (χ3n) is 2.36. The molecule has 1 aromatic carbocycles. The van der Waals surface area contributed by atoms with Crippen LogP contribution in [0.2, 0.25) is 0 Å². The topological polar surface area (TPSA) is 20.2 Å². The highest BCUT2D eigenvalue weighted by Crippen LogP contribution is 2.31. The maximum Gasteiger partial charge on any atom is 0.135 e. The molecule has 0 aliphatic rings. The minimum absolute atomic E-state index is 0.353. The molecule has 0 spiro atoms. The smallest absolute Gasteiger partial charge is 0.135 e.